The molecule has 0 unspecified atom stereocenters. The molecule has 0 bridgehead atoms. The number of allylic oxidation sites excluding steroid dienone is 2. The first-order chi connectivity index (χ1) is 8.89. The first kappa shape index (κ1) is 12.7. The minimum absolute atomic E-state index is 0.358. The molecule has 2 heterocycles. The zero-order valence-corrected chi connectivity index (χ0v) is 11.8. The van der Waals surface area contributed by atoms with Crippen molar-refractivity contribution in [2.75, 3.05) is 0 Å². The van der Waals surface area contributed by atoms with E-state index in [1.165, 1.54) is 0 Å². The molecule has 0 radical (unpaired) electrons. The van der Waals surface area contributed by atoms with Crippen LogP contribution in [0.4, 0.5) is 0 Å². The minimum Gasteiger partial charge on any atom is -0.444 e. The van der Waals surface area contributed by atoms with Crippen molar-refractivity contribution < 1.29 is 14.0 Å². The lowest BCUT2D eigenvalue weighted by atomic mass is 9.80. The highest BCUT2D eigenvalue weighted by Gasteiger charge is 2.52. The Kier molecular flexibility index (Phi) is 2.73. The second kappa shape index (κ2) is 4.08. The van der Waals surface area contributed by atoms with E-state index in [1.54, 1.807) is 6.20 Å². The predicted molar refractivity (Wildman–Crippen MR) is 73.3 cm³/mol. The van der Waals surface area contributed by atoms with Crippen molar-refractivity contribution in [2.24, 2.45) is 0 Å². The number of hydrogen-bond acceptors (Lipinski definition) is 4. The van der Waals surface area contributed by atoms with Crippen molar-refractivity contribution in [2.45, 2.75) is 45.3 Å². The Bertz CT molecular complexity index is 523. The van der Waals surface area contributed by atoms with Crippen molar-refractivity contribution in [1.82, 2.24) is 4.98 Å². The van der Waals surface area contributed by atoms with Crippen LogP contribution in [-0.2, 0) is 9.31 Å². The van der Waals surface area contributed by atoms with Crippen LogP contribution in [0.1, 0.15) is 34.1 Å². The van der Waals surface area contributed by atoms with Crippen LogP contribution in [0.25, 0.3) is 0 Å². The van der Waals surface area contributed by atoms with Gasteiger partial charge in [0.1, 0.15) is 5.76 Å². The smallest absolute Gasteiger partial charge is 0.444 e. The maximum atomic E-state index is 6.03. The molecule has 0 N–H and O–H groups in total. The van der Waals surface area contributed by atoms with E-state index in [4.69, 9.17) is 14.0 Å². The zero-order valence-electron chi connectivity index (χ0n) is 11.8. The van der Waals surface area contributed by atoms with Crippen LogP contribution < -0.4 is 10.2 Å². The highest BCUT2D eigenvalue weighted by molar-refractivity contribution is 6.63. The Labute approximate surface area is 113 Å². The lowest BCUT2D eigenvalue weighted by molar-refractivity contribution is 0.00578. The fourth-order valence-electron chi connectivity index (χ4n) is 1.89. The molecule has 0 amide bonds. The van der Waals surface area contributed by atoms with E-state index >= 15 is 0 Å². The van der Waals surface area contributed by atoms with Gasteiger partial charge in [0.15, 0.2) is 0 Å². The molecule has 0 aromatic carbocycles. The summed E-state index contributed by atoms with van der Waals surface area (Å²) < 4.78 is 17.8. The third-order valence-corrected chi connectivity index (χ3v) is 3.91. The van der Waals surface area contributed by atoms with Crippen molar-refractivity contribution in [3.05, 3.63) is 30.2 Å². The number of ether oxygens (including phenoxy) is 1. The van der Waals surface area contributed by atoms with Gasteiger partial charge in [0.2, 0.25) is 5.88 Å². The zero-order chi connectivity index (χ0) is 13.7. The summed E-state index contributed by atoms with van der Waals surface area (Å²) in [5, 5.41) is 0. The topological polar surface area (TPSA) is 40.6 Å². The van der Waals surface area contributed by atoms with Gasteiger partial charge in [-0.05, 0) is 39.8 Å². The van der Waals surface area contributed by atoms with E-state index in [9.17, 15) is 0 Å². The van der Waals surface area contributed by atoms with Crippen LogP contribution in [0, 0.1) is 0 Å². The molecule has 3 rings (SSSR count). The Hall–Kier alpha value is -1.33. The Balaban J connectivity index is 1.89. The first-order valence-electron chi connectivity index (χ1n) is 6.56. The van der Waals surface area contributed by atoms with E-state index in [2.05, 4.69) is 4.98 Å². The number of pyridine rings is 1. The van der Waals surface area contributed by atoms with Crippen LogP contribution in [0.2, 0.25) is 0 Å². The lowest BCUT2D eigenvalue weighted by Gasteiger charge is -2.32. The predicted octanol–water partition coefficient (Wildman–Crippen LogP) is 2.05. The number of hydrogen-bond donors (Lipinski definition) is 0. The van der Waals surface area contributed by atoms with Crippen molar-refractivity contribution in [1.29, 1.82) is 0 Å². The summed E-state index contributed by atoms with van der Waals surface area (Å²) in [5.74, 6) is 1.53. The highest BCUT2D eigenvalue weighted by atomic mass is 16.7. The standard InChI is InChI=1S/C14H18BNO3/c1-13(2)14(3,4)19-15(18-13)11-6-5-9-16-12(11)17-10-7-8-10/h5-7,9H,8H2,1-4H3. The van der Waals surface area contributed by atoms with Crippen LogP contribution in [0.5, 0.6) is 5.88 Å². The van der Waals surface area contributed by atoms with Crippen molar-refractivity contribution in [3.8, 4) is 5.88 Å². The summed E-state index contributed by atoms with van der Waals surface area (Å²) >= 11 is 0. The van der Waals surface area contributed by atoms with Gasteiger partial charge in [0, 0.05) is 18.1 Å². The van der Waals surface area contributed by atoms with E-state index < -0.39 is 7.12 Å². The maximum Gasteiger partial charge on any atom is 0.500 e. The van der Waals surface area contributed by atoms with Gasteiger partial charge in [0.25, 0.3) is 0 Å². The number of aromatic nitrogens is 1. The van der Waals surface area contributed by atoms with Gasteiger partial charge in [0.05, 0.1) is 11.2 Å². The molecule has 1 aromatic heterocycles. The second-order valence-electron chi connectivity index (χ2n) is 5.96. The summed E-state index contributed by atoms with van der Waals surface area (Å²) in [6.07, 6.45) is 4.63. The van der Waals surface area contributed by atoms with Gasteiger partial charge in [-0.2, -0.15) is 0 Å². The third-order valence-electron chi connectivity index (χ3n) is 3.91. The Morgan fingerprint density at radius 2 is 1.84 bits per heavy atom. The molecular weight excluding hydrogens is 241 g/mol. The molecule has 0 spiro atoms. The molecule has 1 aliphatic heterocycles. The summed E-state index contributed by atoms with van der Waals surface area (Å²) in [5.41, 5.74) is 0.127. The summed E-state index contributed by atoms with van der Waals surface area (Å²) in [7, 11) is -0.437. The largest absolute Gasteiger partial charge is 0.500 e. The van der Waals surface area contributed by atoms with Gasteiger partial charge in [-0.15, -0.1) is 0 Å². The quantitative estimate of drug-likeness (QED) is 0.779. The van der Waals surface area contributed by atoms with Crippen LogP contribution in [-0.4, -0.2) is 23.3 Å². The molecule has 4 nitrogen and oxygen atoms in total. The monoisotopic (exact) mass is 259 g/mol. The molecule has 5 heteroatoms. The van der Waals surface area contributed by atoms with Gasteiger partial charge in [-0.1, -0.05) is 6.07 Å². The summed E-state index contributed by atoms with van der Waals surface area (Å²) in [4.78, 5) is 4.28. The maximum absolute atomic E-state index is 6.03. The molecule has 19 heavy (non-hydrogen) atoms. The Morgan fingerprint density at radius 1 is 1.21 bits per heavy atom. The van der Waals surface area contributed by atoms with Crippen LogP contribution >= 0.6 is 0 Å². The average molecular weight is 259 g/mol. The summed E-state index contributed by atoms with van der Waals surface area (Å²) in [6.45, 7) is 8.14. The highest BCUT2D eigenvalue weighted by Crippen LogP contribution is 2.37. The minimum atomic E-state index is -0.437. The molecule has 1 fully saturated rings. The molecule has 100 valence electrons. The second-order valence-corrected chi connectivity index (χ2v) is 5.96. The normalized spacial score (nSPS) is 23.2. The first-order valence-corrected chi connectivity index (χ1v) is 6.56. The molecule has 2 aliphatic rings. The Morgan fingerprint density at radius 3 is 2.42 bits per heavy atom. The SMILES string of the molecule is CC1(C)OB(c2cccnc2OC2=CC2)OC1(C)C. The van der Waals surface area contributed by atoms with Gasteiger partial charge in [-0.3, -0.25) is 0 Å². The van der Waals surface area contributed by atoms with Crippen molar-refractivity contribution >= 4 is 12.6 Å². The van der Waals surface area contributed by atoms with E-state index in [1.807, 2.05) is 45.9 Å². The summed E-state index contributed by atoms with van der Waals surface area (Å²) in [6, 6.07) is 3.81. The molecular formula is C14H18BNO3. The van der Waals surface area contributed by atoms with Crippen LogP contribution in [0.15, 0.2) is 30.2 Å². The number of rotatable bonds is 3. The fourth-order valence-corrected chi connectivity index (χ4v) is 1.89. The van der Waals surface area contributed by atoms with Crippen molar-refractivity contribution in [3.63, 3.8) is 0 Å². The molecule has 1 aromatic rings. The van der Waals surface area contributed by atoms with Gasteiger partial charge < -0.3 is 14.0 Å². The molecule has 0 atom stereocenters. The molecule has 1 saturated heterocycles. The van der Waals surface area contributed by atoms with E-state index in [0.29, 0.717) is 5.88 Å². The lowest BCUT2D eigenvalue weighted by Crippen LogP contribution is -2.41. The van der Waals surface area contributed by atoms with Gasteiger partial charge in [-0.25, -0.2) is 4.98 Å². The number of nitrogens with zero attached hydrogens (tertiary/aromatic N) is 1. The fraction of sp³-hybridized carbons (Fsp3) is 0.500. The van der Waals surface area contributed by atoms with Crippen LogP contribution in [0.3, 0.4) is 0 Å². The molecule has 1 aliphatic carbocycles. The molecule has 0 saturated carbocycles. The third kappa shape index (κ3) is 2.28. The van der Waals surface area contributed by atoms with Gasteiger partial charge >= 0.3 is 7.12 Å². The van der Waals surface area contributed by atoms with E-state index in [-0.39, 0.29) is 11.2 Å². The average Bonchev–Trinajstić information content (AvgIpc) is 3.08. The van der Waals surface area contributed by atoms with E-state index in [0.717, 1.165) is 17.6 Å².